The number of ketones is 2. The van der Waals surface area contributed by atoms with Gasteiger partial charge in [0.1, 0.15) is 12.8 Å². The van der Waals surface area contributed by atoms with Gasteiger partial charge in [-0.2, -0.15) is 0 Å². The molecule has 1 aliphatic heterocycles. The molecule has 9 nitrogen and oxygen atoms in total. The number of carbonyl (C=O) groups is 3. The van der Waals surface area contributed by atoms with E-state index in [2.05, 4.69) is 26.1 Å². The first kappa shape index (κ1) is 31.3. The molecule has 6 rings (SSSR count). The number of aliphatic hydroxyl groups excluding tert-OH is 1. The number of carbonyl (C=O) groups excluding carboxylic acids is 3. The van der Waals surface area contributed by atoms with E-state index >= 15 is 0 Å². The van der Waals surface area contributed by atoms with Crippen LogP contribution >= 0.6 is 0 Å². The molecule has 10 unspecified atom stereocenters. The molecule has 1 aromatic rings. The van der Waals surface area contributed by atoms with E-state index in [1.807, 2.05) is 36.4 Å². The lowest BCUT2D eigenvalue weighted by atomic mass is 9.46. The molecule has 238 valence electrons. The van der Waals surface area contributed by atoms with E-state index in [0.717, 1.165) is 30.4 Å². The summed E-state index contributed by atoms with van der Waals surface area (Å²) >= 11 is 0. The zero-order valence-electron chi connectivity index (χ0n) is 26.0. The number of ether oxygens (including phenoxy) is 3. The van der Waals surface area contributed by atoms with Gasteiger partial charge in [0.25, 0.3) is 0 Å². The van der Waals surface area contributed by atoms with Crippen molar-refractivity contribution in [3.8, 4) is 0 Å². The van der Waals surface area contributed by atoms with Gasteiger partial charge >= 0.3 is 0 Å². The Balaban J connectivity index is 1.29. The fourth-order valence-electron chi connectivity index (χ4n) is 9.51. The molecule has 1 aromatic carbocycles. The number of hydrogen-bond donors (Lipinski definition) is 3. The zero-order chi connectivity index (χ0) is 31.3. The maximum absolute atomic E-state index is 14.6. The number of nitrogens with one attached hydrogen (secondary N) is 1. The highest BCUT2D eigenvalue weighted by Gasteiger charge is 2.75. The highest BCUT2D eigenvalue weighted by Crippen LogP contribution is 2.69. The van der Waals surface area contributed by atoms with Gasteiger partial charge in [0.05, 0.1) is 18.8 Å². The van der Waals surface area contributed by atoms with Crippen LogP contribution in [0.25, 0.3) is 0 Å². The quantitative estimate of drug-likeness (QED) is 0.345. The predicted octanol–water partition coefficient (Wildman–Crippen LogP) is 3.38. The first-order chi connectivity index (χ1) is 21.1. The molecule has 4 fully saturated rings. The number of rotatable bonds is 10. The Labute approximate surface area is 259 Å². The van der Waals surface area contributed by atoms with E-state index in [1.165, 1.54) is 0 Å². The number of hydrogen-bond acceptors (Lipinski definition) is 8. The van der Waals surface area contributed by atoms with E-state index in [9.17, 15) is 19.5 Å². The Morgan fingerprint density at radius 2 is 2.00 bits per heavy atom. The van der Waals surface area contributed by atoms with Gasteiger partial charge in [0.2, 0.25) is 5.91 Å². The number of allylic oxidation sites excluding steroid dienone is 4. The van der Waals surface area contributed by atoms with E-state index in [4.69, 9.17) is 19.9 Å². The summed E-state index contributed by atoms with van der Waals surface area (Å²) in [5.74, 6) is -0.448. The minimum atomic E-state index is -1.28. The second-order valence-electron chi connectivity index (χ2n) is 13.8. The summed E-state index contributed by atoms with van der Waals surface area (Å²) in [6.45, 7) is 5.83. The number of fused-ring (bicyclic) bond motifs is 7. The molecule has 1 saturated heterocycles. The standard InChI is InChI=1S/C35H46N2O7/c1-4-8-31-43-28-17-25-24-12-11-22-16-23(38)13-14-33(22,2)32(24)26(39)18-34(25,3)35(28,44-31)27(40)20-42-30(37-29(41)19-36)15-21-9-6-5-7-10-21/h5-7,9-10,13-14,16,24-26,28,30-32,39H,4,8,11-12,15,17-20,36H2,1-3H3,(H,37,41). The highest BCUT2D eigenvalue weighted by atomic mass is 16.7. The van der Waals surface area contributed by atoms with E-state index in [-0.39, 0.29) is 48.4 Å². The molecule has 0 aromatic heterocycles. The molecule has 1 heterocycles. The number of benzene rings is 1. The van der Waals surface area contributed by atoms with Crippen molar-refractivity contribution in [1.29, 1.82) is 0 Å². The van der Waals surface area contributed by atoms with Crippen LogP contribution in [0, 0.1) is 28.6 Å². The van der Waals surface area contributed by atoms with Gasteiger partial charge in [-0.05, 0) is 61.7 Å². The molecular formula is C35H46N2O7. The van der Waals surface area contributed by atoms with Gasteiger partial charge in [-0.15, -0.1) is 0 Å². The van der Waals surface area contributed by atoms with Gasteiger partial charge in [-0.25, -0.2) is 0 Å². The number of Topliss-reactive ketones (excluding diaryl/α,β-unsaturated/α-hetero) is 1. The molecule has 5 aliphatic rings. The monoisotopic (exact) mass is 606 g/mol. The van der Waals surface area contributed by atoms with Crippen molar-refractivity contribution in [2.45, 2.75) is 96.0 Å². The molecule has 10 atom stereocenters. The van der Waals surface area contributed by atoms with Crippen LogP contribution in [0.15, 0.2) is 54.1 Å². The molecular weight excluding hydrogens is 560 g/mol. The smallest absolute Gasteiger partial charge is 0.235 e. The third-order valence-corrected chi connectivity index (χ3v) is 11.4. The lowest BCUT2D eigenvalue weighted by molar-refractivity contribution is -0.202. The first-order valence-corrected chi connectivity index (χ1v) is 16.2. The van der Waals surface area contributed by atoms with Gasteiger partial charge in [-0.3, -0.25) is 14.4 Å². The van der Waals surface area contributed by atoms with Gasteiger partial charge in [-0.1, -0.05) is 69.2 Å². The normalized spacial score (nSPS) is 39.5. The predicted molar refractivity (Wildman–Crippen MR) is 163 cm³/mol. The number of nitrogens with two attached hydrogens (primary N) is 1. The summed E-state index contributed by atoms with van der Waals surface area (Å²) in [7, 11) is 0. The van der Waals surface area contributed by atoms with Gasteiger partial charge in [0, 0.05) is 23.2 Å². The van der Waals surface area contributed by atoms with Crippen LogP contribution in [-0.2, 0) is 35.0 Å². The van der Waals surface area contributed by atoms with Crippen LogP contribution in [-0.4, -0.2) is 66.1 Å². The van der Waals surface area contributed by atoms with Crippen molar-refractivity contribution in [2.24, 2.45) is 34.3 Å². The molecule has 0 bridgehead atoms. The van der Waals surface area contributed by atoms with Crippen molar-refractivity contribution in [3.05, 3.63) is 59.7 Å². The average Bonchev–Trinajstić information content (AvgIpc) is 3.48. The van der Waals surface area contributed by atoms with Crippen LogP contribution < -0.4 is 11.1 Å². The maximum Gasteiger partial charge on any atom is 0.235 e. The van der Waals surface area contributed by atoms with Crippen LogP contribution in [0.2, 0.25) is 0 Å². The third-order valence-electron chi connectivity index (χ3n) is 11.4. The second kappa shape index (κ2) is 11.9. The molecule has 4 N–H and O–H groups in total. The molecule has 9 heteroatoms. The number of aliphatic hydroxyl groups is 1. The van der Waals surface area contributed by atoms with E-state index in [1.54, 1.807) is 12.2 Å². The lowest BCUT2D eigenvalue weighted by Crippen LogP contribution is -2.63. The summed E-state index contributed by atoms with van der Waals surface area (Å²) in [4.78, 5) is 39.0. The summed E-state index contributed by atoms with van der Waals surface area (Å²) in [5, 5.41) is 14.7. The summed E-state index contributed by atoms with van der Waals surface area (Å²) in [6, 6.07) is 9.62. The Bertz CT molecular complexity index is 1350. The average molecular weight is 607 g/mol. The van der Waals surface area contributed by atoms with Crippen LogP contribution in [0.3, 0.4) is 0 Å². The fourth-order valence-corrected chi connectivity index (χ4v) is 9.51. The van der Waals surface area contributed by atoms with Crippen LogP contribution in [0.4, 0.5) is 0 Å². The van der Waals surface area contributed by atoms with Crippen molar-refractivity contribution in [1.82, 2.24) is 5.32 Å². The summed E-state index contributed by atoms with van der Waals surface area (Å²) in [5.41, 5.74) is 5.23. The first-order valence-electron chi connectivity index (χ1n) is 16.2. The van der Waals surface area contributed by atoms with Crippen molar-refractivity contribution in [3.63, 3.8) is 0 Å². The molecule has 4 aliphatic carbocycles. The minimum absolute atomic E-state index is 0.00278. The highest BCUT2D eigenvalue weighted by molar-refractivity contribution is 6.01. The maximum atomic E-state index is 14.6. The second-order valence-corrected chi connectivity index (χ2v) is 13.8. The molecule has 0 spiro atoms. The molecule has 1 amide bonds. The Morgan fingerprint density at radius 3 is 2.73 bits per heavy atom. The van der Waals surface area contributed by atoms with Gasteiger partial charge < -0.3 is 30.4 Å². The van der Waals surface area contributed by atoms with Gasteiger partial charge in [0.15, 0.2) is 23.5 Å². The fraction of sp³-hybridized carbons (Fsp3) is 0.629. The third kappa shape index (κ3) is 5.01. The van der Waals surface area contributed by atoms with Crippen LogP contribution in [0.5, 0.6) is 0 Å². The largest absolute Gasteiger partial charge is 0.393 e. The van der Waals surface area contributed by atoms with Crippen molar-refractivity contribution < 1.29 is 33.7 Å². The summed E-state index contributed by atoms with van der Waals surface area (Å²) < 4.78 is 19.4. The Morgan fingerprint density at radius 1 is 1.23 bits per heavy atom. The van der Waals surface area contributed by atoms with Crippen LogP contribution in [0.1, 0.15) is 64.9 Å². The number of amides is 1. The zero-order valence-corrected chi connectivity index (χ0v) is 26.0. The Kier molecular flexibility index (Phi) is 8.47. The minimum Gasteiger partial charge on any atom is -0.393 e. The molecule has 44 heavy (non-hydrogen) atoms. The Hall–Kier alpha value is -2.69. The topological polar surface area (TPSA) is 137 Å². The molecule has 0 radical (unpaired) electrons. The lowest BCUT2D eigenvalue weighted by Gasteiger charge is -2.59. The SMILES string of the molecule is CCCC1OC2CC3C4CCC5=CC(=O)C=CC5(C)C4C(O)CC3(C)C2(C(=O)COC(Cc2ccccc2)NC(=O)CN)O1. The van der Waals surface area contributed by atoms with E-state index in [0.29, 0.717) is 25.7 Å². The molecule has 3 saturated carbocycles. The van der Waals surface area contributed by atoms with Crippen molar-refractivity contribution >= 4 is 17.5 Å². The van der Waals surface area contributed by atoms with Crippen molar-refractivity contribution in [2.75, 3.05) is 13.2 Å². The summed E-state index contributed by atoms with van der Waals surface area (Å²) in [6.07, 6.45) is 7.49. The van der Waals surface area contributed by atoms with E-state index < -0.39 is 41.2 Å².